The molecule has 3 atom stereocenters. The molecule has 0 aliphatic carbocycles. The van der Waals surface area contributed by atoms with Crippen molar-refractivity contribution < 1.29 is 4.55 Å². The topological polar surface area (TPSA) is 23.1 Å². The van der Waals surface area contributed by atoms with Crippen LogP contribution in [0.1, 0.15) is 26.7 Å². The Hall–Kier alpha value is 0.310. The van der Waals surface area contributed by atoms with Gasteiger partial charge in [-0.2, -0.15) is 0 Å². The third-order valence-corrected chi connectivity index (χ3v) is 3.83. The number of hydrogen-bond acceptors (Lipinski definition) is 1. The molecule has 2 unspecified atom stereocenters. The molecule has 0 bridgehead atoms. The van der Waals surface area contributed by atoms with Gasteiger partial charge in [0.1, 0.15) is 10.5 Å². The summed E-state index contributed by atoms with van der Waals surface area (Å²) in [5, 5.41) is 0.926. The zero-order valence-electron chi connectivity index (χ0n) is 5.39. The first kappa shape index (κ1) is 6.43. The summed E-state index contributed by atoms with van der Waals surface area (Å²) in [7, 11) is 0. The van der Waals surface area contributed by atoms with Gasteiger partial charge in [-0.15, -0.1) is 0 Å². The summed E-state index contributed by atoms with van der Waals surface area (Å²) < 4.78 is 11.0. The van der Waals surface area contributed by atoms with E-state index in [1.165, 1.54) is 0 Å². The minimum atomic E-state index is -0.512. The predicted octanol–water partition coefficient (Wildman–Crippen LogP) is 1.31. The van der Waals surface area contributed by atoms with E-state index in [2.05, 4.69) is 13.8 Å². The molecule has 1 rings (SSSR count). The van der Waals surface area contributed by atoms with Crippen LogP contribution in [0.2, 0.25) is 0 Å². The Kier molecular flexibility index (Phi) is 1.83. The van der Waals surface area contributed by atoms with Gasteiger partial charge in [0.05, 0.1) is 0 Å². The van der Waals surface area contributed by atoms with E-state index in [1.54, 1.807) is 0 Å². The highest BCUT2D eigenvalue weighted by atomic mass is 32.2. The van der Waals surface area contributed by atoms with E-state index in [1.807, 2.05) is 0 Å². The van der Waals surface area contributed by atoms with Gasteiger partial charge in [0.2, 0.25) is 0 Å². The second-order valence-electron chi connectivity index (χ2n) is 2.53. The highest BCUT2D eigenvalue weighted by Gasteiger charge is 2.31. The molecule has 0 radical (unpaired) electrons. The molecule has 0 saturated carbocycles. The molecule has 1 heterocycles. The Balaban J connectivity index is 2.44. The van der Waals surface area contributed by atoms with E-state index < -0.39 is 11.2 Å². The lowest BCUT2D eigenvalue weighted by molar-refractivity contribution is 0.586. The van der Waals surface area contributed by atoms with Gasteiger partial charge in [0, 0.05) is 0 Å². The van der Waals surface area contributed by atoms with Crippen LogP contribution in [0.25, 0.3) is 0 Å². The maximum absolute atomic E-state index is 11.0. The van der Waals surface area contributed by atoms with Gasteiger partial charge >= 0.3 is 0 Å². The van der Waals surface area contributed by atoms with Crippen molar-refractivity contribution in [1.82, 2.24) is 0 Å². The summed E-state index contributed by atoms with van der Waals surface area (Å²) in [4.78, 5) is 0. The molecular weight excluding hydrogens is 120 g/mol. The van der Waals surface area contributed by atoms with Gasteiger partial charge in [0.25, 0.3) is 0 Å². The Morgan fingerprint density at radius 1 is 1.25 bits per heavy atom. The quantitative estimate of drug-likeness (QED) is 0.456. The Morgan fingerprint density at radius 2 is 1.62 bits per heavy atom. The summed E-state index contributed by atoms with van der Waals surface area (Å²) in [5.41, 5.74) is 0. The average Bonchev–Trinajstić information content (AvgIpc) is 1.98. The van der Waals surface area contributed by atoms with Gasteiger partial charge in [-0.05, 0) is 37.9 Å². The van der Waals surface area contributed by atoms with Crippen LogP contribution < -0.4 is 0 Å². The standard InChI is InChI=1S/C6H12OS/c1-5-3-4-6(2)8(5)7/h5-6H,3-4H2,1-2H3/t5-,6?,8?/m1/s1. The van der Waals surface area contributed by atoms with Crippen LogP contribution in [-0.4, -0.2) is 15.1 Å². The van der Waals surface area contributed by atoms with Crippen molar-refractivity contribution in [1.29, 1.82) is 0 Å². The SMILES string of the molecule is CC1CC[C@@H](C)[S+]1[O-]. The third kappa shape index (κ3) is 1.00. The van der Waals surface area contributed by atoms with Crippen LogP contribution >= 0.6 is 0 Å². The van der Waals surface area contributed by atoms with Crippen molar-refractivity contribution in [3.05, 3.63) is 0 Å². The zero-order valence-corrected chi connectivity index (χ0v) is 6.20. The molecule has 2 heteroatoms. The number of hydrogen-bond donors (Lipinski definition) is 0. The Morgan fingerprint density at radius 3 is 1.75 bits per heavy atom. The second kappa shape index (κ2) is 2.28. The normalized spacial score (nSPS) is 47.6. The Labute approximate surface area is 53.7 Å². The van der Waals surface area contributed by atoms with Crippen LogP contribution in [0.4, 0.5) is 0 Å². The molecule has 1 aliphatic heterocycles. The van der Waals surface area contributed by atoms with Crippen molar-refractivity contribution in [3.8, 4) is 0 Å². The largest absolute Gasteiger partial charge is 0.616 e. The van der Waals surface area contributed by atoms with Crippen molar-refractivity contribution in [2.75, 3.05) is 0 Å². The van der Waals surface area contributed by atoms with Crippen LogP contribution in [0.15, 0.2) is 0 Å². The van der Waals surface area contributed by atoms with Gasteiger partial charge in [-0.25, -0.2) is 0 Å². The molecule has 0 spiro atoms. The zero-order chi connectivity index (χ0) is 6.15. The van der Waals surface area contributed by atoms with E-state index in [9.17, 15) is 4.55 Å². The average molecular weight is 132 g/mol. The summed E-state index contributed by atoms with van der Waals surface area (Å²) in [6.45, 7) is 4.14. The first-order valence-corrected chi connectivity index (χ1v) is 4.39. The fourth-order valence-corrected chi connectivity index (χ4v) is 2.63. The van der Waals surface area contributed by atoms with Gasteiger partial charge in [-0.3, -0.25) is 0 Å². The molecule has 0 aromatic rings. The molecule has 0 amide bonds. The minimum absolute atomic E-state index is 0.463. The lowest BCUT2D eigenvalue weighted by atomic mass is 10.2. The predicted molar refractivity (Wildman–Crippen MR) is 36.3 cm³/mol. The molecule has 0 N–H and O–H groups in total. The van der Waals surface area contributed by atoms with Crippen LogP contribution in [0, 0.1) is 0 Å². The lowest BCUT2D eigenvalue weighted by Crippen LogP contribution is -2.17. The van der Waals surface area contributed by atoms with Crippen molar-refractivity contribution in [2.24, 2.45) is 0 Å². The molecule has 0 aromatic heterocycles. The van der Waals surface area contributed by atoms with Crippen LogP contribution in [0.5, 0.6) is 0 Å². The fraction of sp³-hybridized carbons (Fsp3) is 1.00. The molecule has 1 fully saturated rings. The van der Waals surface area contributed by atoms with Crippen molar-refractivity contribution in [3.63, 3.8) is 0 Å². The molecule has 0 aromatic carbocycles. The van der Waals surface area contributed by atoms with E-state index in [0.29, 0.717) is 10.5 Å². The van der Waals surface area contributed by atoms with Gasteiger partial charge in [-0.1, -0.05) is 0 Å². The van der Waals surface area contributed by atoms with Gasteiger partial charge < -0.3 is 4.55 Å². The second-order valence-corrected chi connectivity index (χ2v) is 4.79. The third-order valence-electron chi connectivity index (χ3n) is 1.77. The van der Waals surface area contributed by atoms with Crippen LogP contribution in [-0.2, 0) is 11.2 Å². The maximum atomic E-state index is 11.0. The lowest BCUT2D eigenvalue weighted by Gasteiger charge is -2.11. The molecule has 1 saturated heterocycles. The highest BCUT2D eigenvalue weighted by Crippen LogP contribution is 2.25. The van der Waals surface area contributed by atoms with Gasteiger partial charge in [0.15, 0.2) is 0 Å². The van der Waals surface area contributed by atoms with Crippen LogP contribution in [0.3, 0.4) is 0 Å². The maximum Gasteiger partial charge on any atom is 0.113 e. The first-order chi connectivity index (χ1) is 3.72. The molecule has 1 aliphatic rings. The van der Waals surface area contributed by atoms with Crippen molar-refractivity contribution in [2.45, 2.75) is 37.2 Å². The van der Waals surface area contributed by atoms with E-state index >= 15 is 0 Å². The minimum Gasteiger partial charge on any atom is -0.616 e. The smallest absolute Gasteiger partial charge is 0.113 e. The highest BCUT2D eigenvalue weighted by molar-refractivity contribution is 7.92. The molecular formula is C6H12OS. The van der Waals surface area contributed by atoms with E-state index in [-0.39, 0.29) is 0 Å². The van der Waals surface area contributed by atoms with E-state index in [0.717, 1.165) is 12.8 Å². The summed E-state index contributed by atoms with van der Waals surface area (Å²) in [5.74, 6) is 0. The summed E-state index contributed by atoms with van der Waals surface area (Å²) >= 11 is -0.512. The summed E-state index contributed by atoms with van der Waals surface area (Å²) in [6.07, 6.45) is 2.32. The fourth-order valence-electron chi connectivity index (χ4n) is 1.10. The molecule has 48 valence electrons. The Bertz CT molecular complexity index is 74.6. The first-order valence-electron chi connectivity index (χ1n) is 3.11. The van der Waals surface area contributed by atoms with Crippen molar-refractivity contribution >= 4 is 11.2 Å². The summed E-state index contributed by atoms with van der Waals surface area (Å²) in [6, 6.07) is 0. The van der Waals surface area contributed by atoms with E-state index in [4.69, 9.17) is 0 Å². The molecule has 1 nitrogen and oxygen atoms in total. The number of rotatable bonds is 0. The monoisotopic (exact) mass is 132 g/mol. The molecule has 8 heavy (non-hydrogen) atoms.